The normalized spacial score (nSPS) is 13.8. The van der Waals surface area contributed by atoms with Gasteiger partial charge in [-0.1, -0.05) is 6.07 Å². The van der Waals surface area contributed by atoms with E-state index in [-0.39, 0.29) is 0 Å². The maximum absolute atomic E-state index is 3.36. The molecular formula is C10H14N2. The Hall–Kier alpha value is -1.18. The number of nitrogens with one attached hydrogen (secondary N) is 2. The molecule has 1 aromatic rings. The lowest BCUT2D eigenvalue weighted by atomic mass is 10.1. The predicted octanol–water partition coefficient (Wildman–Crippen LogP) is 2.09. The van der Waals surface area contributed by atoms with Crippen molar-refractivity contribution in [3.05, 3.63) is 23.8 Å². The molecule has 0 bridgehead atoms. The molecule has 0 aliphatic carbocycles. The van der Waals surface area contributed by atoms with Crippen LogP contribution in [0, 0.1) is 0 Å². The van der Waals surface area contributed by atoms with Crippen LogP contribution in [0.25, 0.3) is 0 Å². The second-order valence-corrected chi connectivity index (χ2v) is 3.08. The quantitative estimate of drug-likeness (QED) is 0.695. The summed E-state index contributed by atoms with van der Waals surface area (Å²) >= 11 is 0. The molecule has 0 spiro atoms. The van der Waals surface area contributed by atoms with Crippen molar-refractivity contribution in [2.75, 3.05) is 23.7 Å². The number of hydrogen-bond donors (Lipinski definition) is 2. The van der Waals surface area contributed by atoms with Crippen LogP contribution in [0.2, 0.25) is 0 Å². The average Bonchev–Trinajstić information content (AvgIpc) is 2.51. The van der Waals surface area contributed by atoms with E-state index in [0.717, 1.165) is 13.1 Å². The lowest BCUT2D eigenvalue weighted by molar-refractivity contribution is 1.11. The molecule has 0 aromatic heterocycles. The summed E-state index contributed by atoms with van der Waals surface area (Å²) in [5.41, 5.74) is 3.95. The molecule has 0 saturated carbocycles. The predicted molar refractivity (Wildman–Crippen MR) is 52.8 cm³/mol. The van der Waals surface area contributed by atoms with E-state index in [1.807, 2.05) is 0 Å². The summed E-state index contributed by atoms with van der Waals surface area (Å²) in [6.07, 6.45) is 1.17. The van der Waals surface area contributed by atoms with Crippen molar-refractivity contribution in [2.45, 2.75) is 13.3 Å². The molecule has 1 aromatic carbocycles. The van der Waals surface area contributed by atoms with Crippen molar-refractivity contribution in [1.82, 2.24) is 0 Å². The molecule has 0 unspecified atom stereocenters. The number of benzene rings is 1. The first kappa shape index (κ1) is 7.47. The van der Waals surface area contributed by atoms with E-state index in [1.54, 1.807) is 0 Å². The van der Waals surface area contributed by atoms with Gasteiger partial charge in [0.2, 0.25) is 0 Å². The fourth-order valence-electron chi connectivity index (χ4n) is 1.60. The summed E-state index contributed by atoms with van der Waals surface area (Å²) in [6.45, 7) is 4.18. The Balaban J connectivity index is 2.26. The summed E-state index contributed by atoms with van der Waals surface area (Å²) in [4.78, 5) is 0. The number of fused-ring (bicyclic) bond motifs is 1. The molecule has 1 aliphatic heterocycles. The van der Waals surface area contributed by atoms with Gasteiger partial charge >= 0.3 is 0 Å². The first-order valence-electron chi connectivity index (χ1n) is 4.51. The summed E-state index contributed by atoms with van der Waals surface area (Å²) in [5.74, 6) is 0. The SMILES string of the molecule is CCNc1ccc2c(c1)NCC2. The zero-order chi connectivity index (χ0) is 8.39. The molecule has 1 aliphatic rings. The van der Waals surface area contributed by atoms with Gasteiger partial charge in [0.15, 0.2) is 0 Å². The van der Waals surface area contributed by atoms with E-state index >= 15 is 0 Å². The Bertz CT molecular complexity index is 281. The summed E-state index contributed by atoms with van der Waals surface area (Å²) in [7, 11) is 0. The van der Waals surface area contributed by atoms with Gasteiger partial charge in [-0.3, -0.25) is 0 Å². The highest BCUT2D eigenvalue weighted by Crippen LogP contribution is 2.25. The van der Waals surface area contributed by atoms with Gasteiger partial charge in [-0.15, -0.1) is 0 Å². The number of hydrogen-bond acceptors (Lipinski definition) is 2. The first-order chi connectivity index (χ1) is 5.90. The summed E-state index contributed by atoms with van der Waals surface area (Å²) in [5, 5.41) is 6.66. The lowest BCUT2D eigenvalue weighted by Gasteiger charge is -2.05. The fraction of sp³-hybridized carbons (Fsp3) is 0.400. The Morgan fingerprint density at radius 3 is 3.25 bits per heavy atom. The Morgan fingerprint density at radius 2 is 2.42 bits per heavy atom. The largest absolute Gasteiger partial charge is 0.385 e. The highest BCUT2D eigenvalue weighted by molar-refractivity contribution is 5.63. The Labute approximate surface area is 73.0 Å². The molecule has 0 atom stereocenters. The molecule has 2 nitrogen and oxygen atoms in total. The molecule has 1 heterocycles. The van der Waals surface area contributed by atoms with Gasteiger partial charge in [-0.05, 0) is 31.0 Å². The lowest BCUT2D eigenvalue weighted by Crippen LogP contribution is -1.97. The third-order valence-corrected chi connectivity index (χ3v) is 2.20. The number of rotatable bonds is 2. The minimum Gasteiger partial charge on any atom is -0.385 e. The van der Waals surface area contributed by atoms with Crippen LogP contribution in [-0.4, -0.2) is 13.1 Å². The minimum atomic E-state index is 0.985. The van der Waals surface area contributed by atoms with Gasteiger partial charge in [-0.2, -0.15) is 0 Å². The van der Waals surface area contributed by atoms with Gasteiger partial charge in [0.1, 0.15) is 0 Å². The van der Waals surface area contributed by atoms with E-state index in [4.69, 9.17) is 0 Å². The molecule has 2 heteroatoms. The van der Waals surface area contributed by atoms with Gasteiger partial charge in [0, 0.05) is 24.5 Å². The second kappa shape index (κ2) is 3.05. The van der Waals surface area contributed by atoms with Crippen molar-refractivity contribution in [3.63, 3.8) is 0 Å². The van der Waals surface area contributed by atoms with E-state index in [2.05, 4.69) is 35.8 Å². The maximum atomic E-state index is 3.36. The van der Waals surface area contributed by atoms with E-state index < -0.39 is 0 Å². The van der Waals surface area contributed by atoms with Crippen LogP contribution in [0.5, 0.6) is 0 Å². The van der Waals surface area contributed by atoms with Crippen LogP contribution in [0.4, 0.5) is 11.4 Å². The average molecular weight is 162 g/mol. The van der Waals surface area contributed by atoms with Crippen LogP contribution >= 0.6 is 0 Å². The second-order valence-electron chi connectivity index (χ2n) is 3.08. The smallest absolute Gasteiger partial charge is 0.0394 e. The third kappa shape index (κ3) is 1.24. The van der Waals surface area contributed by atoms with Gasteiger partial charge < -0.3 is 10.6 Å². The molecule has 0 saturated heterocycles. The van der Waals surface area contributed by atoms with Crippen LogP contribution in [-0.2, 0) is 6.42 Å². The maximum Gasteiger partial charge on any atom is 0.0394 e. The molecule has 2 N–H and O–H groups in total. The van der Waals surface area contributed by atoms with E-state index in [1.165, 1.54) is 23.4 Å². The zero-order valence-corrected chi connectivity index (χ0v) is 7.35. The van der Waals surface area contributed by atoms with Crippen molar-refractivity contribution in [2.24, 2.45) is 0 Å². The summed E-state index contributed by atoms with van der Waals surface area (Å²) < 4.78 is 0. The highest BCUT2D eigenvalue weighted by Gasteiger charge is 2.08. The zero-order valence-electron chi connectivity index (χ0n) is 7.35. The molecule has 64 valence electrons. The van der Waals surface area contributed by atoms with Crippen LogP contribution in [0.1, 0.15) is 12.5 Å². The first-order valence-corrected chi connectivity index (χ1v) is 4.51. The Morgan fingerprint density at radius 1 is 1.50 bits per heavy atom. The molecule has 2 rings (SSSR count). The van der Waals surface area contributed by atoms with Crippen molar-refractivity contribution < 1.29 is 0 Å². The van der Waals surface area contributed by atoms with Crippen LogP contribution < -0.4 is 10.6 Å². The topological polar surface area (TPSA) is 24.1 Å². The van der Waals surface area contributed by atoms with Gasteiger partial charge in [-0.25, -0.2) is 0 Å². The monoisotopic (exact) mass is 162 g/mol. The molecular weight excluding hydrogens is 148 g/mol. The van der Waals surface area contributed by atoms with E-state index in [0.29, 0.717) is 0 Å². The highest BCUT2D eigenvalue weighted by atomic mass is 14.9. The van der Waals surface area contributed by atoms with E-state index in [9.17, 15) is 0 Å². The van der Waals surface area contributed by atoms with Crippen LogP contribution in [0.3, 0.4) is 0 Å². The van der Waals surface area contributed by atoms with Crippen LogP contribution in [0.15, 0.2) is 18.2 Å². The van der Waals surface area contributed by atoms with Gasteiger partial charge in [0.25, 0.3) is 0 Å². The fourth-order valence-corrected chi connectivity index (χ4v) is 1.60. The van der Waals surface area contributed by atoms with Crippen molar-refractivity contribution >= 4 is 11.4 Å². The Kier molecular flexibility index (Phi) is 1.90. The summed E-state index contributed by atoms with van der Waals surface area (Å²) in [6, 6.07) is 6.54. The van der Waals surface area contributed by atoms with Gasteiger partial charge in [0.05, 0.1) is 0 Å². The third-order valence-electron chi connectivity index (χ3n) is 2.20. The van der Waals surface area contributed by atoms with Crippen molar-refractivity contribution in [1.29, 1.82) is 0 Å². The number of anilines is 2. The molecule has 0 fully saturated rings. The van der Waals surface area contributed by atoms with Crippen molar-refractivity contribution in [3.8, 4) is 0 Å². The molecule has 0 amide bonds. The minimum absolute atomic E-state index is 0.985. The molecule has 0 radical (unpaired) electrons. The standard InChI is InChI=1S/C10H14N2/c1-2-11-9-4-3-8-5-6-12-10(8)7-9/h3-4,7,11-12H,2,5-6H2,1H3. The molecule has 12 heavy (non-hydrogen) atoms.